The summed E-state index contributed by atoms with van der Waals surface area (Å²) >= 11 is 6.94. The lowest BCUT2D eigenvalue weighted by atomic mass is 10.2. The highest BCUT2D eigenvalue weighted by Gasteiger charge is 2.21. The van der Waals surface area contributed by atoms with Gasteiger partial charge in [-0.2, -0.15) is 20.1 Å². The molecule has 1 aromatic heterocycles. The van der Waals surface area contributed by atoms with Crippen molar-refractivity contribution in [3.63, 3.8) is 0 Å². The molecular weight excluding hydrogens is 546 g/mol. The minimum absolute atomic E-state index is 0.00474. The maximum absolute atomic E-state index is 10.6. The van der Waals surface area contributed by atoms with Gasteiger partial charge in [0.15, 0.2) is 11.5 Å². The molecule has 0 spiro atoms. The van der Waals surface area contributed by atoms with Crippen LogP contribution >= 0.6 is 31.9 Å². The van der Waals surface area contributed by atoms with Gasteiger partial charge in [-0.15, -0.1) is 0 Å². The number of nitrogens with zero attached hydrogens (tertiary/aromatic N) is 6. The molecule has 0 atom stereocenters. The molecule has 0 bridgehead atoms. The second-order valence-electron chi connectivity index (χ2n) is 7.29. The molecule has 0 radical (unpaired) electrons. The number of hydrogen-bond donors (Lipinski definition) is 2. The van der Waals surface area contributed by atoms with Gasteiger partial charge in [-0.25, -0.2) is 5.43 Å². The second-order valence-corrected chi connectivity index (χ2v) is 8.94. The van der Waals surface area contributed by atoms with E-state index < -0.39 is 0 Å². The summed E-state index contributed by atoms with van der Waals surface area (Å²) in [6.45, 7) is 6.88. The molecule has 0 amide bonds. The molecule has 0 unspecified atom stereocenters. The van der Waals surface area contributed by atoms with Crippen LogP contribution in [0, 0.1) is 0 Å². The predicted molar refractivity (Wildman–Crippen MR) is 130 cm³/mol. The largest absolute Gasteiger partial charge is 0.504 e. The second kappa shape index (κ2) is 10.6. The van der Waals surface area contributed by atoms with Crippen molar-refractivity contribution in [2.75, 3.05) is 61.2 Å². The monoisotopic (exact) mass is 569 g/mol. The third-order valence-corrected chi connectivity index (χ3v) is 7.16. The molecular formula is C20H25Br2N7O3. The number of benzene rings is 1. The number of nitrogens with one attached hydrogen (secondary N) is 1. The molecule has 0 saturated carbocycles. The minimum Gasteiger partial charge on any atom is -0.504 e. The number of morpholine rings is 1. The van der Waals surface area contributed by atoms with Gasteiger partial charge in [0.25, 0.3) is 0 Å². The lowest BCUT2D eigenvalue weighted by molar-refractivity contribution is 0.122. The summed E-state index contributed by atoms with van der Waals surface area (Å²) in [6.07, 6.45) is 3.75. The van der Waals surface area contributed by atoms with Crippen LogP contribution < -0.4 is 20.0 Å². The van der Waals surface area contributed by atoms with Gasteiger partial charge in [0.2, 0.25) is 17.8 Å². The fourth-order valence-electron chi connectivity index (χ4n) is 3.52. The Kier molecular flexibility index (Phi) is 7.63. The maximum Gasteiger partial charge on any atom is 0.250 e. The number of phenols is 1. The zero-order valence-electron chi connectivity index (χ0n) is 17.7. The van der Waals surface area contributed by atoms with E-state index in [1.165, 1.54) is 6.21 Å². The lowest BCUT2D eigenvalue weighted by Crippen LogP contribution is -2.38. The zero-order valence-corrected chi connectivity index (χ0v) is 20.9. The molecule has 172 valence electrons. The van der Waals surface area contributed by atoms with E-state index in [1.54, 1.807) is 6.07 Å². The van der Waals surface area contributed by atoms with E-state index in [-0.39, 0.29) is 5.75 Å². The Balaban J connectivity index is 1.60. The molecule has 1 aromatic carbocycles. The van der Waals surface area contributed by atoms with Gasteiger partial charge >= 0.3 is 0 Å². The SMILES string of the molecule is CCOc1cc(Br)c(Br)c(C=NNc2nc(N3CCCC3)nc(N3CCOCC3)n2)c1O. The Morgan fingerprint density at radius 1 is 1.12 bits per heavy atom. The number of aromatic nitrogens is 3. The number of hydrazone groups is 1. The Hall–Kier alpha value is -2.18. The van der Waals surface area contributed by atoms with Gasteiger partial charge in [0, 0.05) is 35.1 Å². The molecule has 4 rings (SSSR count). The van der Waals surface area contributed by atoms with Crippen molar-refractivity contribution in [2.24, 2.45) is 5.10 Å². The van der Waals surface area contributed by atoms with Crippen LogP contribution in [-0.2, 0) is 4.74 Å². The molecule has 2 aliphatic heterocycles. The number of rotatable bonds is 7. The quantitative estimate of drug-likeness (QED) is 0.382. The fourth-order valence-corrected chi connectivity index (χ4v) is 4.34. The lowest BCUT2D eigenvalue weighted by Gasteiger charge is -2.27. The average molecular weight is 571 g/mol. The summed E-state index contributed by atoms with van der Waals surface area (Å²) in [6, 6.07) is 1.70. The molecule has 10 nitrogen and oxygen atoms in total. The highest BCUT2D eigenvalue weighted by Crippen LogP contribution is 2.39. The van der Waals surface area contributed by atoms with Crippen LogP contribution in [0.15, 0.2) is 20.1 Å². The normalized spacial score (nSPS) is 16.7. The number of phenolic OH excluding ortho intramolecular Hbond substituents is 1. The predicted octanol–water partition coefficient (Wildman–Crippen LogP) is 3.38. The summed E-state index contributed by atoms with van der Waals surface area (Å²) in [7, 11) is 0. The standard InChI is InChI=1S/C20H25Br2N7O3/c1-2-32-15-11-14(21)16(22)13(17(15)30)12-23-27-18-24-19(28-5-3-4-6-28)26-20(25-18)29-7-9-31-10-8-29/h11-12,30H,2-10H2,1H3,(H,24,25,26,27). The first-order chi connectivity index (χ1) is 15.6. The van der Waals surface area contributed by atoms with Gasteiger partial charge in [-0.3, -0.25) is 0 Å². The minimum atomic E-state index is -0.00474. The van der Waals surface area contributed by atoms with Crippen molar-refractivity contribution in [1.29, 1.82) is 0 Å². The molecule has 3 heterocycles. The van der Waals surface area contributed by atoms with Crippen LogP contribution in [0.4, 0.5) is 17.8 Å². The number of aromatic hydroxyl groups is 1. The van der Waals surface area contributed by atoms with Crippen LogP contribution in [0.1, 0.15) is 25.3 Å². The van der Waals surface area contributed by atoms with Crippen molar-refractivity contribution in [3.05, 3.63) is 20.6 Å². The van der Waals surface area contributed by atoms with E-state index in [0.29, 0.717) is 53.5 Å². The number of ether oxygens (including phenoxy) is 2. The zero-order chi connectivity index (χ0) is 22.5. The van der Waals surface area contributed by atoms with Crippen molar-refractivity contribution >= 4 is 55.9 Å². The summed E-state index contributed by atoms with van der Waals surface area (Å²) < 4.78 is 12.3. The van der Waals surface area contributed by atoms with E-state index in [1.807, 2.05) is 6.92 Å². The molecule has 12 heteroatoms. The number of hydrogen-bond acceptors (Lipinski definition) is 10. The van der Waals surface area contributed by atoms with E-state index in [4.69, 9.17) is 9.47 Å². The summed E-state index contributed by atoms with van der Waals surface area (Å²) in [5.74, 6) is 1.95. The van der Waals surface area contributed by atoms with Crippen LogP contribution in [-0.4, -0.2) is 72.3 Å². The first kappa shape index (κ1) is 23.0. The molecule has 2 N–H and O–H groups in total. The number of halogens is 2. The van der Waals surface area contributed by atoms with E-state index in [2.05, 4.69) is 67.1 Å². The van der Waals surface area contributed by atoms with E-state index in [9.17, 15) is 5.11 Å². The molecule has 2 fully saturated rings. The maximum atomic E-state index is 10.6. The molecule has 2 aliphatic rings. The van der Waals surface area contributed by atoms with E-state index >= 15 is 0 Å². The van der Waals surface area contributed by atoms with Crippen molar-refractivity contribution in [2.45, 2.75) is 19.8 Å². The van der Waals surface area contributed by atoms with Gasteiger partial charge in [-0.1, -0.05) is 0 Å². The first-order valence-corrected chi connectivity index (χ1v) is 12.1. The van der Waals surface area contributed by atoms with Crippen molar-refractivity contribution < 1.29 is 14.6 Å². The third-order valence-electron chi connectivity index (χ3n) is 5.15. The van der Waals surface area contributed by atoms with Crippen LogP contribution in [0.2, 0.25) is 0 Å². The summed E-state index contributed by atoms with van der Waals surface area (Å²) in [4.78, 5) is 18.1. The average Bonchev–Trinajstić information content (AvgIpc) is 3.35. The van der Waals surface area contributed by atoms with Crippen LogP contribution in [0.25, 0.3) is 0 Å². The Morgan fingerprint density at radius 2 is 1.78 bits per heavy atom. The Morgan fingerprint density at radius 3 is 2.44 bits per heavy atom. The van der Waals surface area contributed by atoms with Crippen molar-refractivity contribution in [3.8, 4) is 11.5 Å². The highest BCUT2D eigenvalue weighted by molar-refractivity contribution is 9.13. The highest BCUT2D eigenvalue weighted by atomic mass is 79.9. The van der Waals surface area contributed by atoms with Gasteiger partial charge in [0.05, 0.1) is 31.6 Å². The fraction of sp³-hybridized carbons (Fsp3) is 0.500. The Labute approximate surface area is 203 Å². The van der Waals surface area contributed by atoms with Gasteiger partial charge in [0.1, 0.15) is 0 Å². The smallest absolute Gasteiger partial charge is 0.250 e. The topological polar surface area (TPSA) is 108 Å². The van der Waals surface area contributed by atoms with Gasteiger partial charge in [-0.05, 0) is 57.7 Å². The third kappa shape index (κ3) is 5.24. The molecule has 32 heavy (non-hydrogen) atoms. The van der Waals surface area contributed by atoms with Crippen molar-refractivity contribution in [1.82, 2.24) is 15.0 Å². The van der Waals surface area contributed by atoms with E-state index in [0.717, 1.165) is 43.5 Å². The Bertz CT molecular complexity index is 980. The molecule has 2 saturated heterocycles. The summed E-state index contributed by atoms with van der Waals surface area (Å²) in [5, 5.41) is 14.8. The van der Waals surface area contributed by atoms with Crippen LogP contribution in [0.5, 0.6) is 11.5 Å². The molecule has 0 aliphatic carbocycles. The van der Waals surface area contributed by atoms with Crippen LogP contribution in [0.3, 0.4) is 0 Å². The summed E-state index contributed by atoms with van der Waals surface area (Å²) in [5.41, 5.74) is 3.37. The first-order valence-electron chi connectivity index (χ1n) is 10.5. The molecule has 2 aromatic rings. The van der Waals surface area contributed by atoms with Gasteiger partial charge < -0.3 is 24.4 Å². The number of anilines is 3.